The minimum atomic E-state index is -0.411. The minimum absolute atomic E-state index is 0.150. The molecule has 1 amide bonds. The highest BCUT2D eigenvalue weighted by Crippen LogP contribution is 2.24. The van der Waals surface area contributed by atoms with E-state index in [9.17, 15) is 9.18 Å². The molecule has 4 rings (SSSR count). The van der Waals surface area contributed by atoms with Crippen molar-refractivity contribution >= 4 is 17.5 Å². The molecule has 162 valence electrons. The first kappa shape index (κ1) is 21.5. The summed E-state index contributed by atoms with van der Waals surface area (Å²) in [7, 11) is 0. The summed E-state index contributed by atoms with van der Waals surface area (Å²) < 4.78 is 20.8. The van der Waals surface area contributed by atoms with Crippen molar-refractivity contribution in [1.82, 2.24) is 20.1 Å². The SMILES string of the molecule is Cc1nn(Cc2ccccc2)c(Cl)c1C(=O)NCc1cccnc1Oc1cccc(F)c1. The summed E-state index contributed by atoms with van der Waals surface area (Å²) in [5, 5.41) is 7.53. The number of hydrogen-bond donors (Lipinski definition) is 1. The highest BCUT2D eigenvalue weighted by atomic mass is 35.5. The summed E-state index contributed by atoms with van der Waals surface area (Å²) in [6.07, 6.45) is 1.56. The molecule has 2 aromatic heterocycles. The summed E-state index contributed by atoms with van der Waals surface area (Å²) in [5.41, 5.74) is 2.51. The largest absolute Gasteiger partial charge is 0.439 e. The van der Waals surface area contributed by atoms with E-state index in [-0.39, 0.29) is 23.5 Å². The molecule has 0 aliphatic heterocycles. The maximum absolute atomic E-state index is 13.4. The lowest BCUT2D eigenvalue weighted by atomic mass is 10.2. The molecule has 0 atom stereocenters. The van der Waals surface area contributed by atoms with Gasteiger partial charge in [-0.05, 0) is 30.7 Å². The van der Waals surface area contributed by atoms with Crippen molar-refractivity contribution in [3.8, 4) is 11.6 Å². The molecule has 0 aliphatic rings. The van der Waals surface area contributed by atoms with Crippen LogP contribution in [-0.4, -0.2) is 20.7 Å². The third-order valence-corrected chi connectivity index (χ3v) is 5.15. The molecule has 0 saturated carbocycles. The van der Waals surface area contributed by atoms with Gasteiger partial charge in [0, 0.05) is 24.4 Å². The lowest BCUT2D eigenvalue weighted by Crippen LogP contribution is -2.24. The lowest BCUT2D eigenvalue weighted by molar-refractivity contribution is 0.0950. The number of halogens is 2. The smallest absolute Gasteiger partial charge is 0.256 e. The van der Waals surface area contributed by atoms with E-state index in [0.717, 1.165) is 5.56 Å². The van der Waals surface area contributed by atoms with Crippen molar-refractivity contribution in [3.05, 3.63) is 106 Å². The summed E-state index contributed by atoms with van der Waals surface area (Å²) in [4.78, 5) is 17.1. The first-order valence-electron chi connectivity index (χ1n) is 9.93. The van der Waals surface area contributed by atoms with E-state index >= 15 is 0 Å². The Balaban J connectivity index is 1.48. The van der Waals surface area contributed by atoms with Gasteiger partial charge in [-0.3, -0.25) is 4.79 Å². The molecule has 0 aliphatic carbocycles. The topological polar surface area (TPSA) is 69.0 Å². The first-order valence-corrected chi connectivity index (χ1v) is 10.3. The first-order chi connectivity index (χ1) is 15.5. The van der Waals surface area contributed by atoms with Gasteiger partial charge in [-0.25, -0.2) is 14.1 Å². The average molecular weight is 451 g/mol. The molecule has 0 saturated heterocycles. The van der Waals surface area contributed by atoms with Crippen molar-refractivity contribution in [2.75, 3.05) is 0 Å². The summed E-state index contributed by atoms with van der Waals surface area (Å²) in [6, 6.07) is 19.0. The number of carbonyl (C=O) groups is 1. The Morgan fingerprint density at radius 1 is 1.12 bits per heavy atom. The van der Waals surface area contributed by atoms with Gasteiger partial charge in [0.25, 0.3) is 5.91 Å². The number of benzene rings is 2. The van der Waals surface area contributed by atoms with Crippen LogP contribution in [0.3, 0.4) is 0 Å². The van der Waals surface area contributed by atoms with Crippen molar-refractivity contribution in [1.29, 1.82) is 0 Å². The summed E-state index contributed by atoms with van der Waals surface area (Å²) in [6.45, 7) is 2.35. The molecule has 2 heterocycles. The number of nitrogens with one attached hydrogen (secondary N) is 1. The van der Waals surface area contributed by atoms with Crippen molar-refractivity contribution in [2.24, 2.45) is 0 Å². The van der Waals surface area contributed by atoms with Crippen molar-refractivity contribution < 1.29 is 13.9 Å². The maximum atomic E-state index is 13.4. The van der Waals surface area contributed by atoms with Crippen LogP contribution >= 0.6 is 11.6 Å². The second-order valence-electron chi connectivity index (χ2n) is 7.10. The average Bonchev–Trinajstić information content (AvgIpc) is 3.06. The normalized spacial score (nSPS) is 10.7. The molecule has 4 aromatic rings. The van der Waals surface area contributed by atoms with Crippen LogP contribution in [0.1, 0.15) is 27.2 Å². The number of ether oxygens (including phenoxy) is 1. The van der Waals surface area contributed by atoms with Crippen LogP contribution in [0.5, 0.6) is 11.6 Å². The summed E-state index contributed by atoms with van der Waals surface area (Å²) >= 11 is 6.48. The highest BCUT2D eigenvalue weighted by molar-refractivity contribution is 6.33. The van der Waals surface area contributed by atoms with E-state index in [2.05, 4.69) is 15.4 Å². The second kappa shape index (κ2) is 9.62. The number of aryl methyl sites for hydroxylation is 1. The monoisotopic (exact) mass is 450 g/mol. The Morgan fingerprint density at radius 3 is 2.72 bits per heavy atom. The van der Waals surface area contributed by atoms with Gasteiger partial charge in [0.15, 0.2) is 0 Å². The van der Waals surface area contributed by atoms with Crippen LogP contribution in [0, 0.1) is 12.7 Å². The molecule has 0 radical (unpaired) electrons. The van der Waals surface area contributed by atoms with Crippen molar-refractivity contribution in [3.63, 3.8) is 0 Å². The highest BCUT2D eigenvalue weighted by Gasteiger charge is 2.21. The van der Waals surface area contributed by atoms with E-state index in [1.165, 1.54) is 12.1 Å². The quantitative estimate of drug-likeness (QED) is 0.423. The van der Waals surface area contributed by atoms with Gasteiger partial charge in [0.1, 0.15) is 16.7 Å². The fourth-order valence-electron chi connectivity index (χ4n) is 3.23. The number of rotatable bonds is 7. The number of carbonyl (C=O) groups excluding carboxylic acids is 1. The van der Waals surface area contributed by atoms with Gasteiger partial charge in [0.05, 0.1) is 17.8 Å². The second-order valence-corrected chi connectivity index (χ2v) is 7.46. The Labute approximate surface area is 189 Å². The molecular formula is C24H20ClFN4O2. The van der Waals surface area contributed by atoms with Crippen LogP contribution in [0.2, 0.25) is 5.15 Å². The molecule has 1 N–H and O–H groups in total. The molecule has 32 heavy (non-hydrogen) atoms. The number of hydrogen-bond acceptors (Lipinski definition) is 4. The molecule has 0 unspecified atom stereocenters. The number of nitrogens with zero attached hydrogens (tertiary/aromatic N) is 3. The zero-order valence-corrected chi connectivity index (χ0v) is 18.0. The number of aromatic nitrogens is 3. The van der Waals surface area contributed by atoms with E-state index in [1.54, 1.807) is 42.1 Å². The molecule has 0 bridgehead atoms. The van der Waals surface area contributed by atoms with Crippen LogP contribution < -0.4 is 10.1 Å². The molecular weight excluding hydrogens is 431 g/mol. The predicted molar refractivity (Wildman–Crippen MR) is 119 cm³/mol. The third kappa shape index (κ3) is 4.95. The van der Waals surface area contributed by atoms with Gasteiger partial charge in [-0.2, -0.15) is 5.10 Å². The molecule has 0 fully saturated rings. The standard InChI is InChI=1S/C24H20ClFN4O2/c1-16-21(22(25)30(29-16)15-17-7-3-2-4-8-17)23(31)28-14-18-9-6-12-27-24(18)32-20-11-5-10-19(26)13-20/h2-13H,14-15H2,1H3,(H,28,31). The van der Waals surface area contributed by atoms with Gasteiger partial charge in [-0.15, -0.1) is 0 Å². The Bertz CT molecular complexity index is 1240. The van der Waals surface area contributed by atoms with E-state index in [1.807, 2.05) is 30.3 Å². The molecule has 0 spiro atoms. The fourth-order valence-corrected chi connectivity index (χ4v) is 3.55. The van der Waals surface area contributed by atoms with Crippen LogP contribution in [0.15, 0.2) is 72.9 Å². The fraction of sp³-hybridized carbons (Fsp3) is 0.125. The molecule has 6 nitrogen and oxygen atoms in total. The van der Waals surface area contributed by atoms with Gasteiger partial charge in [-0.1, -0.05) is 54.1 Å². The third-order valence-electron chi connectivity index (χ3n) is 4.77. The van der Waals surface area contributed by atoms with Gasteiger partial charge < -0.3 is 10.1 Å². The number of pyridine rings is 1. The molecule has 2 aromatic carbocycles. The predicted octanol–water partition coefficient (Wildman–Crippen LogP) is 5.15. The Hall–Kier alpha value is -3.71. The Morgan fingerprint density at radius 2 is 1.94 bits per heavy atom. The van der Waals surface area contributed by atoms with E-state index < -0.39 is 5.82 Å². The minimum Gasteiger partial charge on any atom is -0.439 e. The van der Waals surface area contributed by atoms with Crippen LogP contribution in [-0.2, 0) is 13.1 Å². The van der Waals surface area contributed by atoms with Crippen LogP contribution in [0.25, 0.3) is 0 Å². The van der Waals surface area contributed by atoms with E-state index in [4.69, 9.17) is 16.3 Å². The zero-order chi connectivity index (χ0) is 22.5. The van der Waals surface area contributed by atoms with E-state index in [0.29, 0.717) is 29.1 Å². The Kier molecular flexibility index (Phi) is 6.47. The molecule has 8 heteroatoms. The van der Waals surface area contributed by atoms with Crippen molar-refractivity contribution in [2.45, 2.75) is 20.0 Å². The zero-order valence-electron chi connectivity index (χ0n) is 17.3. The number of amides is 1. The van der Waals surface area contributed by atoms with Gasteiger partial charge >= 0.3 is 0 Å². The lowest BCUT2D eigenvalue weighted by Gasteiger charge is -2.11. The summed E-state index contributed by atoms with van der Waals surface area (Å²) in [5.74, 6) is -0.170. The van der Waals surface area contributed by atoms with Crippen LogP contribution in [0.4, 0.5) is 4.39 Å². The van der Waals surface area contributed by atoms with Gasteiger partial charge in [0.2, 0.25) is 5.88 Å². The maximum Gasteiger partial charge on any atom is 0.256 e.